The van der Waals surface area contributed by atoms with Crippen molar-refractivity contribution in [2.75, 3.05) is 37.9 Å². The number of nitrogens with zero attached hydrogens (tertiary/aromatic N) is 1. The van der Waals surface area contributed by atoms with E-state index in [0.717, 1.165) is 25.9 Å². The molecule has 0 bridgehead atoms. The SMILES string of the molecule is COc1ccc(NC(=O)Nc2ccccc2C(=O)N2CCCC2)cc1OC. The van der Waals surface area contributed by atoms with Crippen LogP contribution >= 0.6 is 0 Å². The summed E-state index contributed by atoms with van der Waals surface area (Å²) in [4.78, 5) is 26.9. The molecule has 3 amide bonds. The maximum Gasteiger partial charge on any atom is 0.323 e. The molecule has 1 saturated heterocycles. The topological polar surface area (TPSA) is 79.9 Å². The van der Waals surface area contributed by atoms with Crippen molar-refractivity contribution in [1.82, 2.24) is 4.90 Å². The smallest absolute Gasteiger partial charge is 0.323 e. The Kier molecular flexibility index (Phi) is 5.80. The number of carbonyl (C=O) groups excluding carboxylic acids is 2. The molecule has 142 valence electrons. The molecule has 0 unspecified atom stereocenters. The normalized spacial score (nSPS) is 13.2. The number of ether oxygens (including phenoxy) is 2. The Balaban J connectivity index is 1.72. The van der Waals surface area contributed by atoms with E-state index >= 15 is 0 Å². The van der Waals surface area contributed by atoms with Gasteiger partial charge < -0.3 is 25.0 Å². The van der Waals surface area contributed by atoms with Crippen molar-refractivity contribution >= 4 is 23.3 Å². The predicted molar refractivity (Wildman–Crippen MR) is 104 cm³/mol. The van der Waals surface area contributed by atoms with Crippen LogP contribution in [0.3, 0.4) is 0 Å². The third-order valence-corrected chi connectivity index (χ3v) is 4.44. The number of nitrogens with one attached hydrogen (secondary N) is 2. The lowest BCUT2D eigenvalue weighted by atomic mass is 10.1. The number of likely N-dealkylation sites (tertiary alicyclic amines) is 1. The second-order valence-corrected chi connectivity index (χ2v) is 6.19. The molecule has 1 aliphatic heterocycles. The van der Waals surface area contributed by atoms with Crippen LogP contribution in [-0.2, 0) is 0 Å². The highest BCUT2D eigenvalue weighted by atomic mass is 16.5. The molecule has 0 radical (unpaired) electrons. The average Bonchev–Trinajstić information content (AvgIpc) is 3.22. The Morgan fingerprint density at radius 1 is 0.926 bits per heavy atom. The fourth-order valence-electron chi connectivity index (χ4n) is 3.07. The van der Waals surface area contributed by atoms with E-state index < -0.39 is 6.03 Å². The summed E-state index contributed by atoms with van der Waals surface area (Å²) in [7, 11) is 3.08. The van der Waals surface area contributed by atoms with E-state index in [1.54, 1.807) is 49.6 Å². The first-order valence-electron chi connectivity index (χ1n) is 8.80. The zero-order chi connectivity index (χ0) is 19.2. The third kappa shape index (κ3) is 4.31. The van der Waals surface area contributed by atoms with Gasteiger partial charge in [-0.25, -0.2) is 4.79 Å². The highest BCUT2D eigenvalue weighted by molar-refractivity contribution is 6.06. The molecule has 2 aromatic rings. The molecule has 27 heavy (non-hydrogen) atoms. The first-order valence-corrected chi connectivity index (χ1v) is 8.80. The molecule has 1 heterocycles. The molecule has 0 aromatic heterocycles. The monoisotopic (exact) mass is 369 g/mol. The summed E-state index contributed by atoms with van der Waals surface area (Å²) in [5, 5.41) is 5.50. The van der Waals surface area contributed by atoms with Gasteiger partial charge in [0.15, 0.2) is 11.5 Å². The Morgan fingerprint density at radius 3 is 2.33 bits per heavy atom. The maximum atomic E-state index is 12.7. The van der Waals surface area contributed by atoms with Gasteiger partial charge in [0.1, 0.15) is 0 Å². The standard InChI is InChI=1S/C20H23N3O4/c1-26-17-10-9-14(13-18(17)27-2)21-20(25)22-16-8-4-3-7-15(16)19(24)23-11-5-6-12-23/h3-4,7-10,13H,5-6,11-12H2,1-2H3,(H2,21,22,25). The van der Waals surface area contributed by atoms with Crippen LogP contribution in [0.15, 0.2) is 42.5 Å². The molecule has 0 atom stereocenters. The molecule has 7 nitrogen and oxygen atoms in total. The van der Waals surface area contributed by atoms with Crippen molar-refractivity contribution in [2.45, 2.75) is 12.8 Å². The number of hydrogen-bond acceptors (Lipinski definition) is 4. The van der Waals surface area contributed by atoms with Gasteiger partial charge in [-0.05, 0) is 37.1 Å². The zero-order valence-corrected chi connectivity index (χ0v) is 15.5. The fraction of sp³-hybridized carbons (Fsp3) is 0.300. The molecule has 0 saturated carbocycles. The minimum atomic E-state index is -0.441. The van der Waals surface area contributed by atoms with Crippen LogP contribution in [0.25, 0.3) is 0 Å². The van der Waals surface area contributed by atoms with Gasteiger partial charge in [0.2, 0.25) is 0 Å². The van der Waals surface area contributed by atoms with E-state index in [1.165, 1.54) is 7.11 Å². The predicted octanol–water partition coefficient (Wildman–Crippen LogP) is 3.58. The van der Waals surface area contributed by atoms with Crippen LogP contribution in [0, 0.1) is 0 Å². The number of benzene rings is 2. The van der Waals surface area contributed by atoms with Crippen molar-refractivity contribution < 1.29 is 19.1 Å². The van der Waals surface area contributed by atoms with Crippen molar-refractivity contribution in [3.63, 3.8) is 0 Å². The maximum absolute atomic E-state index is 12.7. The Bertz CT molecular complexity index is 832. The number of para-hydroxylation sites is 1. The zero-order valence-electron chi connectivity index (χ0n) is 15.5. The molecule has 0 spiro atoms. The number of hydrogen-bond donors (Lipinski definition) is 2. The minimum absolute atomic E-state index is 0.0606. The van der Waals surface area contributed by atoms with E-state index in [0.29, 0.717) is 28.4 Å². The van der Waals surface area contributed by atoms with Crippen molar-refractivity contribution in [2.24, 2.45) is 0 Å². The van der Waals surface area contributed by atoms with Gasteiger partial charge in [0, 0.05) is 24.8 Å². The van der Waals surface area contributed by atoms with Gasteiger partial charge in [-0.1, -0.05) is 12.1 Å². The molecule has 0 aliphatic carbocycles. The Morgan fingerprint density at radius 2 is 1.63 bits per heavy atom. The van der Waals surface area contributed by atoms with Crippen molar-refractivity contribution in [3.05, 3.63) is 48.0 Å². The summed E-state index contributed by atoms with van der Waals surface area (Å²) in [6.07, 6.45) is 2.03. The highest BCUT2D eigenvalue weighted by Gasteiger charge is 2.22. The number of urea groups is 1. The quantitative estimate of drug-likeness (QED) is 0.844. The van der Waals surface area contributed by atoms with Gasteiger partial charge in [-0.15, -0.1) is 0 Å². The summed E-state index contributed by atoms with van der Waals surface area (Å²) in [6.45, 7) is 1.51. The van der Waals surface area contributed by atoms with Crippen LogP contribution in [0.1, 0.15) is 23.2 Å². The van der Waals surface area contributed by atoms with Gasteiger partial charge in [-0.2, -0.15) is 0 Å². The van der Waals surface area contributed by atoms with E-state index in [4.69, 9.17) is 9.47 Å². The van der Waals surface area contributed by atoms with E-state index in [9.17, 15) is 9.59 Å². The van der Waals surface area contributed by atoms with Gasteiger partial charge in [0.25, 0.3) is 5.91 Å². The number of anilines is 2. The molecule has 1 fully saturated rings. The van der Waals surface area contributed by atoms with Crippen LogP contribution < -0.4 is 20.1 Å². The first kappa shape index (κ1) is 18.6. The molecular formula is C20H23N3O4. The lowest BCUT2D eigenvalue weighted by Crippen LogP contribution is -2.29. The molecule has 1 aliphatic rings. The number of amides is 3. The Hall–Kier alpha value is -3.22. The molecular weight excluding hydrogens is 346 g/mol. The highest BCUT2D eigenvalue weighted by Crippen LogP contribution is 2.30. The largest absolute Gasteiger partial charge is 0.493 e. The van der Waals surface area contributed by atoms with Crippen LogP contribution in [0.2, 0.25) is 0 Å². The summed E-state index contributed by atoms with van der Waals surface area (Å²) >= 11 is 0. The average molecular weight is 369 g/mol. The Labute approximate surface area is 158 Å². The van der Waals surface area contributed by atoms with Gasteiger partial charge in [0.05, 0.1) is 25.5 Å². The van der Waals surface area contributed by atoms with E-state index in [1.807, 2.05) is 4.90 Å². The second kappa shape index (κ2) is 8.44. The lowest BCUT2D eigenvalue weighted by Gasteiger charge is -2.18. The van der Waals surface area contributed by atoms with Crippen molar-refractivity contribution in [1.29, 1.82) is 0 Å². The second-order valence-electron chi connectivity index (χ2n) is 6.19. The molecule has 2 N–H and O–H groups in total. The summed E-state index contributed by atoms with van der Waals surface area (Å²) < 4.78 is 10.4. The number of carbonyl (C=O) groups is 2. The first-order chi connectivity index (χ1) is 13.1. The van der Waals surface area contributed by atoms with Gasteiger partial charge >= 0.3 is 6.03 Å². The summed E-state index contributed by atoms with van der Waals surface area (Å²) in [5.74, 6) is 1.03. The van der Waals surface area contributed by atoms with Crippen LogP contribution in [0.5, 0.6) is 11.5 Å². The summed E-state index contributed by atoms with van der Waals surface area (Å²) in [5.41, 5.74) is 1.52. The third-order valence-electron chi connectivity index (χ3n) is 4.44. The van der Waals surface area contributed by atoms with Crippen LogP contribution in [0.4, 0.5) is 16.2 Å². The van der Waals surface area contributed by atoms with Gasteiger partial charge in [-0.3, -0.25) is 4.79 Å². The van der Waals surface area contributed by atoms with Crippen molar-refractivity contribution in [3.8, 4) is 11.5 Å². The number of methoxy groups -OCH3 is 2. The van der Waals surface area contributed by atoms with Crippen LogP contribution in [-0.4, -0.2) is 44.1 Å². The fourth-order valence-corrected chi connectivity index (χ4v) is 3.07. The molecule has 7 heteroatoms. The molecule has 3 rings (SSSR count). The summed E-state index contributed by atoms with van der Waals surface area (Å²) in [6, 6.07) is 11.7. The number of rotatable bonds is 5. The minimum Gasteiger partial charge on any atom is -0.493 e. The lowest BCUT2D eigenvalue weighted by molar-refractivity contribution is 0.0794. The van der Waals surface area contributed by atoms with E-state index in [-0.39, 0.29) is 5.91 Å². The molecule has 2 aromatic carbocycles. The van der Waals surface area contributed by atoms with E-state index in [2.05, 4.69) is 10.6 Å².